The number of Topliss-reactive ketones (excluding diaryl/α,β-unsaturated/α-hetero) is 1. The van der Waals surface area contributed by atoms with Crippen molar-refractivity contribution in [2.75, 3.05) is 6.54 Å². The summed E-state index contributed by atoms with van der Waals surface area (Å²) in [5.74, 6) is -4.17. The molecular formula is C31H25Cl2N3O8. The van der Waals surface area contributed by atoms with Crippen LogP contribution in [0.15, 0.2) is 66.7 Å². The van der Waals surface area contributed by atoms with Gasteiger partial charge in [-0.05, 0) is 79.8 Å². The monoisotopic (exact) mass is 637 g/mol. The molecule has 3 atom stereocenters. The number of carbonyl (C=O) groups is 5. The highest BCUT2D eigenvalue weighted by atomic mass is 35.5. The summed E-state index contributed by atoms with van der Waals surface area (Å²) >= 11 is 11.9. The van der Waals surface area contributed by atoms with Crippen molar-refractivity contribution in [3.05, 3.63) is 104 Å². The lowest BCUT2D eigenvalue weighted by Gasteiger charge is -2.30. The lowest BCUT2D eigenvalue weighted by Crippen LogP contribution is -2.52. The Bertz CT molecular complexity index is 1680. The Balaban J connectivity index is 1.38. The summed E-state index contributed by atoms with van der Waals surface area (Å²) in [6.45, 7) is 1.33. The number of halogens is 2. The number of esters is 1. The Labute approximate surface area is 261 Å². The molecule has 226 valence electrons. The Morgan fingerprint density at radius 2 is 1.57 bits per heavy atom. The third kappa shape index (κ3) is 6.20. The standard InChI is InChI=1S/C31H25Cl2N3O8/c1-17-2-12-23-25(14-17)30(40)35(29(23)39)34(28(38)19-3-8-21(9-4-19)36(42)43)16-27(37)18-5-10-22(11-6-18)44-31(41)24-13-7-20(32)15-26(24)33/h3-11,13,15,17,23,25H,2,12,14,16H2,1H3/t17-,23-,25+/m1/s1. The molecule has 0 radical (unpaired) electrons. The third-order valence-electron chi connectivity index (χ3n) is 7.80. The number of imide groups is 1. The van der Waals surface area contributed by atoms with Crippen LogP contribution in [-0.4, -0.2) is 51.0 Å². The fraction of sp³-hybridized carbons (Fsp3) is 0.258. The van der Waals surface area contributed by atoms with Crippen LogP contribution in [0.1, 0.15) is 57.3 Å². The minimum Gasteiger partial charge on any atom is -0.423 e. The van der Waals surface area contributed by atoms with Crippen LogP contribution in [0.3, 0.4) is 0 Å². The van der Waals surface area contributed by atoms with Gasteiger partial charge in [-0.25, -0.2) is 9.80 Å². The molecule has 5 rings (SSSR count). The van der Waals surface area contributed by atoms with E-state index in [0.29, 0.717) is 17.9 Å². The van der Waals surface area contributed by atoms with Crippen LogP contribution >= 0.6 is 23.2 Å². The summed E-state index contributed by atoms with van der Waals surface area (Å²) in [4.78, 5) is 77.1. The number of fused-ring (bicyclic) bond motifs is 1. The first-order valence-electron chi connectivity index (χ1n) is 13.7. The molecule has 1 aliphatic carbocycles. The highest BCUT2D eigenvalue weighted by Gasteiger charge is 2.52. The molecule has 44 heavy (non-hydrogen) atoms. The average Bonchev–Trinajstić information content (AvgIpc) is 3.24. The van der Waals surface area contributed by atoms with Crippen LogP contribution in [0.4, 0.5) is 5.69 Å². The zero-order chi connectivity index (χ0) is 31.7. The zero-order valence-electron chi connectivity index (χ0n) is 23.3. The average molecular weight is 638 g/mol. The van der Waals surface area contributed by atoms with Gasteiger partial charge < -0.3 is 4.74 Å². The number of hydrogen-bond acceptors (Lipinski definition) is 8. The predicted molar refractivity (Wildman–Crippen MR) is 158 cm³/mol. The van der Waals surface area contributed by atoms with E-state index in [9.17, 15) is 34.1 Å². The lowest BCUT2D eigenvalue weighted by molar-refractivity contribution is -0.384. The summed E-state index contributed by atoms with van der Waals surface area (Å²) in [7, 11) is 0. The second-order valence-corrected chi connectivity index (χ2v) is 11.6. The Kier molecular flexibility index (Phi) is 8.80. The number of carbonyl (C=O) groups excluding carboxylic acids is 5. The van der Waals surface area contributed by atoms with Crippen molar-refractivity contribution in [2.45, 2.75) is 26.2 Å². The molecule has 0 N–H and O–H groups in total. The Morgan fingerprint density at radius 3 is 2.20 bits per heavy atom. The van der Waals surface area contributed by atoms with Crippen molar-refractivity contribution >= 4 is 58.4 Å². The minimum absolute atomic E-state index is 0.0460. The van der Waals surface area contributed by atoms with Crippen molar-refractivity contribution in [1.82, 2.24) is 10.0 Å². The van der Waals surface area contributed by atoms with Gasteiger partial charge in [0, 0.05) is 28.3 Å². The minimum atomic E-state index is -0.841. The number of hydrogen-bond donors (Lipinski definition) is 0. The molecule has 1 aliphatic heterocycles. The first kappa shape index (κ1) is 30.8. The molecule has 1 saturated carbocycles. The van der Waals surface area contributed by atoms with E-state index < -0.39 is 52.8 Å². The Morgan fingerprint density at radius 1 is 0.932 bits per heavy atom. The van der Waals surface area contributed by atoms with Crippen LogP contribution < -0.4 is 4.74 Å². The Hall–Kier alpha value is -4.61. The fourth-order valence-corrected chi connectivity index (χ4v) is 5.96. The van der Waals surface area contributed by atoms with Crippen LogP contribution in [0.25, 0.3) is 0 Å². The number of benzene rings is 3. The number of amides is 3. The van der Waals surface area contributed by atoms with Gasteiger partial charge in [0.15, 0.2) is 5.78 Å². The third-order valence-corrected chi connectivity index (χ3v) is 8.34. The number of hydrazine groups is 1. The number of nitrogens with zero attached hydrogens (tertiary/aromatic N) is 3. The van der Waals surface area contributed by atoms with Crippen molar-refractivity contribution < 1.29 is 33.6 Å². The van der Waals surface area contributed by atoms with Gasteiger partial charge in [-0.3, -0.25) is 29.3 Å². The van der Waals surface area contributed by atoms with E-state index >= 15 is 0 Å². The molecule has 1 heterocycles. The van der Waals surface area contributed by atoms with Crippen molar-refractivity contribution in [3.63, 3.8) is 0 Å². The number of ether oxygens (including phenoxy) is 1. The van der Waals surface area contributed by atoms with Crippen LogP contribution in [-0.2, 0) is 9.59 Å². The smallest absolute Gasteiger partial charge is 0.345 e. The summed E-state index contributed by atoms with van der Waals surface area (Å²) in [5, 5.41) is 13.1. The first-order valence-corrected chi connectivity index (χ1v) is 14.4. The molecule has 3 aromatic carbocycles. The molecular weight excluding hydrogens is 613 g/mol. The molecule has 2 aliphatic rings. The topological polar surface area (TPSA) is 144 Å². The van der Waals surface area contributed by atoms with Gasteiger partial charge in [-0.1, -0.05) is 30.1 Å². The molecule has 2 fully saturated rings. The van der Waals surface area contributed by atoms with Gasteiger partial charge >= 0.3 is 5.97 Å². The summed E-state index contributed by atoms with van der Waals surface area (Å²) in [6.07, 6.45) is 1.73. The van der Waals surface area contributed by atoms with Crippen molar-refractivity contribution in [2.24, 2.45) is 17.8 Å². The van der Waals surface area contributed by atoms with Crippen LogP contribution in [0.5, 0.6) is 5.75 Å². The van der Waals surface area contributed by atoms with E-state index in [4.69, 9.17) is 27.9 Å². The number of nitro groups is 1. The maximum atomic E-state index is 13.7. The summed E-state index contributed by atoms with van der Waals surface area (Å²) < 4.78 is 5.34. The maximum absolute atomic E-state index is 13.7. The molecule has 3 amide bonds. The van der Waals surface area contributed by atoms with E-state index in [1.165, 1.54) is 54.6 Å². The largest absolute Gasteiger partial charge is 0.423 e. The van der Waals surface area contributed by atoms with E-state index in [1.54, 1.807) is 0 Å². The number of ketones is 1. The van der Waals surface area contributed by atoms with E-state index in [1.807, 2.05) is 6.92 Å². The van der Waals surface area contributed by atoms with E-state index in [2.05, 4.69) is 0 Å². The van der Waals surface area contributed by atoms with Gasteiger partial charge in [-0.2, -0.15) is 5.01 Å². The van der Waals surface area contributed by atoms with Crippen LogP contribution in [0.2, 0.25) is 10.0 Å². The highest BCUT2D eigenvalue weighted by molar-refractivity contribution is 6.36. The van der Waals surface area contributed by atoms with Gasteiger partial charge in [0.25, 0.3) is 23.4 Å². The SMILES string of the molecule is C[C@@H]1CC[C@H]2C(=O)N(N(CC(=O)c3ccc(OC(=O)c4ccc(Cl)cc4Cl)cc3)C(=O)c3ccc([N+](=O)[O-])cc3)C(=O)[C@H]2C1. The fourth-order valence-electron chi connectivity index (χ4n) is 5.47. The lowest BCUT2D eigenvalue weighted by atomic mass is 9.76. The predicted octanol–water partition coefficient (Wildman–Crippen LogP) is 5.78. The number of rotatable bonds is 8. The zero-order valence-corrected chi connectivity index (χ0v) is 24.8. The van der Waals surface area contributed by atoms with Gasteiger partial charge in [-0.15, -0.1) is 0 Å². The second kappa shape index (κ2) is 12.6. The highest BCUT2D eigenvalue weighted by Crippen LogP contribution is 2.41. The number of nitro benzene ring substituents is 1. The molecule has 0 unspecified atom stereocenters. The molecule has 0 bridgehead atoms. The number of non-ortho nitro benzene ring substituents is 1. The molecule has 13 heteroatoms. The first-order chi connectivity index (χ1) is 20.9. The molecule has 1 saturated heterocycles. The van der Waals surface area contributed by atoms with Crippen molar-refractivity contribution in [1.29, 1.82) is 0 Å². The quantitative estimate of drug-likeness (QED) is 0.0754. The van der Waals surface area contributed by atoms with E-state index in [-0.39, 0.29) is 39.1 Å². The molecule has 0 aromatic heterocycles. The van der Waals surface area contributed by atoms with Crippen LogP contribution in [0, 0.1) is 27.9 Å². The van der Waals surface area contributed by atoms with Gasteiger partial charge in [0.2, 0.25) is 0 Å². The summed E-state index contributed by atoms with van der Waals surface area (Å²) in [5.41, 5.74) is -0.0977. The normalized spacial score (nSPS) is 19.3. The van der Waals surface area contributed by atoms with Gasteiger partial charge in [0.05, 0.1) is 27.3 Å². The molecule has 0 spiro atoms. The van der Waals surface area contributed by atoms with Crippen molar-refractivity contribution in [3.8, 4) is 5.75 Å². The molecule has 11 nitrogen and oxygen atoms in total. The second-order valence-electron chi connectivity index (χ2n) is 10.7. The maximum Gasteiger partial charge on any atom is 0.345 e. The summed E-state index contributed by atoms with van der Waals surface area (Å²) in [6, 6.07) is 14.5. The molecule has 3 aromatic rings. The van der Waals surface area contributed by atoms with Gasteiger partial charge in [0.1, 0.15) is 12.3 Å². The van der Waals surface area contributed by atoms with E-state index in [0.717, 1.165) is 28.6 Å².